The minimum atomic E-state index is -0.302. The van der Waals surface area contributed by atoms with Crippen LogP contribution in [-0.4, -0.2) is 23.4 Å². The third-order valence-electron chi connectivity index (χ3n) is 3.58. The standard InChI is InChI=1S/C19H16ClN3O3S/c1-12-10-14(20)4-7-16(12)26-11-17(24)22-15-5-2-13(3-6-15)18(25)23-19-21-8-9-27-19/h2-10H,11H2,1H3,(H,22,24)(H,21,23,25). The molecule has 1 aromatic heterocycles. The van der Waals surface area contributed by atoms with E-state index in [1.54, 1.807) is 54.0 Å². The number of thiazole rings is 1. The van der Waals surface area contributed by atoms with Gasteiger partial charge in [0.1, 0.15) is 5.75 Å². The average molecular weight is 402 g/mol. The molecule has 0 saturated heterocycles. The second kappa shape index (κ2) is 8.66. The number of rotatable bonds is 6. The predicted octanol–water partition coefficient (Wildman–Crippen LogP) is 4.37. The summed E-state index contributed by atoms with van der Waals surface area (Å²) < 4.78 is 5.51. The van der Waals surface area contributed by atoms with E-state index in [9.17, 15) is 9.59 Å². The largest absolute Gasteiger partial charge is 0.483 e. The van der Waals surface area contributed by atoms with Gasteiger partial charge in [0.2, 0.25) is 0 Å². The Labute approximate surface area is 165 Å². The maximum Gasteiger partial charge on any atom is 0.262 e. The Bertz CT molecular complexity index is 943. The molecule has 0 aliphatic carbocycles. The van der Waals surface area contributed by atoms with Crippen molar-refractivity contribution in [3.8, 4) is 5.75 Å². The first-order valence-electron chi connectivity index (χ1n) is 8.01. The Morgan fingerprint density at radius 1 is 1.15 bits per heavy atom. The van der Waals surface area contributed by atoms with Crippen molar-refractivity contribution < 1.29 is 14.3 Å². The molecule has 0 saturated carbocycles. The first kappa shape index (κ1) is 18.9. The fraction of sp³-hybridized carbons (Fsp3) is 0.105. The number of ether oxygens (including phenoxy) is 1. The van der Waals surface area contributed by atoms with Gasteiger partial charge in [-0.05, 0) is 55.0 Å². The lowest BCUT2D eigenvalue weighted by Gasteiger charge is -2.10. The number of aromatic nitrogens is 1. The molecule has 2 N–H and O–H groups in total. The normalized spacial score (nSPS) is 10.3. The van der Waals surface area contributed by atoms with Gasteiger partial charge in [0, 0.05) is 27.9 Å². The highest BCUT2D eigenvalue weighted by molar-refractivity contribution is 7.13. The van der Waals surface area contributed by atoms with E-state index in [2.05, 4.69) is 15.6 Å². The molecular weight excluding hydrogens is 386 g/mol. The summed E-state index contributed by atoms with van der Waals surface area (Å²) in [6.45, 7) is 1.73. The topological polar surface area (TPSA) is 80.3 Å². The molecule has 0 unspecified atom stereocenters. The lowest BCUT2D eigenvalue weighted by Crippen LogP contribution is -2.20. The molecule has 138 valence electrons. The van der Waals surface area contributed by atoms with Crippen molar-refractivity contribution in [1.82, 2.24) is 4.98 Å². The van der Waals surface area contributed by atoms with E-state index < -0.39 is 0 Å². The fourth-order valence-electron chi connectivity index (χ4n) is 2.27. The van der Waals surface area contributed by atoms with Crippen LogP contribution < -0.4 is 15.4 Å². The minimum absolute atomic E-state index is 0.130. The number of carbonyl (C=O) groups is 2. The van der Waals surface area contributed by atoms with E-state index in [1.165, 1.54) is 11.3 Å². The Kier molecular flexibility index (Phi) is 6.05. The summed E-state index contributed by atoms with van der Waals surface area (Å²) >= 11 is 7.24. The monoisotopic (exact) mass is 401 g/mol. The summed E-state index contributed by atoms with van der Waals surface area (Å²) in [5, 5.41) is 8.35. The van der Waals surface area contributed by atoms with Crippen LogP contribution in [0.2, 0.25) is 5.02 Å². The Hall–Kier alpha value is -2.90. The van der Waals surface area contributed by atoms with Gasteiger partial charge >= 0.3 is 0 Å². The zero-order chi connectivity index (χ0) is 19.2. The van der Waals surface area contributed by atoms with E-state index in [-0.39, 0.29) is 18.4 Å². The number of nitrogens with zero attached hydrogens (tertiary/aromatic N) is 1. The van der Waals surface area contributed by atoms with E-state index in [0.29, 0.717) is 27.2 Å². The number of aryl methyl sites for hydroxylation is 1. The van der Waals surface area contributed by atoms with Crippen molar-refractivity contribution in [3.63, 3.8) is 0 Å². The van der Waals surface area contributed by atoms with E-state index in [0.717, 1.165) is 5.56 Å². The highest BCUT2D eigenvalue weighted by atomic mass is 35.5. The van der Waals surface area contributed by atoms with Gasteiger partial charge in [0.15, 0.2) is 11.7 Å². The van der Waals surface area contributed by atoms with Gasteiger partial charge in [-0.1, -0.05) is 11.6 Å². The molecule has 0 spiro atoms. The molecular formula is C19H16ClN3O3S. The molecule has 0 aliphatic heterocycles. The van der Waals surface area contributed by atoms with E-state index >= 15 is 0 Å². The van der Waals surface area contributed by atoms with Gasteiger partial charge in [-0.25, -0.2) is 4.98 Å². The van der Waals surface area contributed by atoms with Gasteiger partial charge in [-0.15, -0.1) is 11.3 Å². The zero-order valence-corrected chi connectivity index (χ0v) is 15.9. The molecule has 0 atom stereocenters. The second-order valence-electron chi connectivity index (χ2n) is 5.62. The van der Waals surface area contributed by atoms with Crippen molar-refractivity contribution in [2.75, 3.05) is 17.2 Å². The molecule has 6 nitrogen and oxygen atoms in total. The molecule has 1 heterocycles. The Morgan fingerprint density at radius 3 is 2.59 bits per heavy atom. The summed E-state index contributed by atoms with van der Waals surface area (Å²) in [6, 6.07) is 11.8. The van der Waals surface area contributed by atoms with Crippen molar-refractivity contribution in [3.05, 3.63) is 70.2 Å². The van der Waals surface area contributed by atoms with Crippen LogP contribution in [0.15, 0.2) is 54.0 Å². The second-order valence-corrected chi connectivity index (χ2v) is 6.95. The molecule has 3 rings (SSSR count). The minimum Gasteiger partial charge on any atom is -0.483 e. The molecule has 0 aliphatic rings. The van der Waals surface area contributed by atoms with Gasteiger partial charge in [0.05, 0.1) is 0 Å². The number of anilines is 2. The quantitative estimate of drug-likeness (QED) is 0.642. The van der Waals surface area contributed by atoms with Gasteiger partial charge in [-0.2, -0.15) is 0 Å². The lowest BCUT2D eigenvalue weighted by atomic mass is 10.2. The molecule has 0 fully saturated rings. The van der Waals surface area contributed by atoms with Crippen LogP contribution in [0.5, 0.6) is 5.75 Å². The van der Waals surface area contributed by atoms with Crippen LogP contribution >= 0.6 is 22.9 Å². The summed E-state index contributed by atoms with van der Waals surface area (Å²) in [5.74, 6) is 0.0393. The highest BCUT2D eigenvalue weighted by Gasteiger charge is 2.09. The van der Waals surface area contributed by atoms with Crippen LogP contribution in [0.1, 0.15) is 15.9 Å². The number of amides is 2. The average Bonchev–Trinajstić information content (AvgIpc) is 3.14. The number of nitrogens with one attached hydrogen (secondary N) is 2. The first-order valence-corrected chi connectivity index (χ1v) is 9.27. The highest BCUT2D eigenvalue weighted by Crippen LogP contribution is 2.21. The molecule has 0 radical (unpaired) electrons. The van der Waals surface area contributed by atoms with Crippen molar-refractivity contribution >= 4 is 45.6 Å². The summed E-state index contributed by atoms with van der Waals surface area (Å²) in [5.41, 5.74) is 1.89. The molecule has 27 heavy (non-hydrogen) atoms. The summed E-state index contributed by atoms with van der Waals surface area (Å²) in [7, 11) is 0. The van der Waals surface area contributed by atoms with Crippen LogP contribution in [0.4, 0.5) is 10.8 Å². The smallest absolute Gasteiger partial charge is 0.262 e. The van der Waals surface area contributed by atoms with Gasteiger partial charge in [0.25, 0.3) is 11.8 Å². The van der Waals surface area contributed by atoms with Crippen LogP contribution in [0.25, 0.3) is 0 Å². The van der Waals surface area contributed by atoms with Gasteiger partial charge < -0.3 is 10.1 Å². The van der Waals surface area contributed by atoms with Crippen LogP contribution in [-0.2, 0) is 4.79 Å². The van der Waals surface area contributed by atoms with Crippen molar-refractivity contribution in [2.45, 2.75) is 6.92 Å². The van der Waals surface area contributed by atoms with Crippen LogP contribution in [0, 0.1) is 6.92 Å². The maximum atomic E-state index is 12.1. The van der Waals surface area contributed by atoms with E-state index in [4.69, 9.17) is 16.3 Å². The molecule has 2 amide bonds. The maximum absolute atomic E-state index is 12.1. The number of hydrogen-bond donors (Lipinski definition) is 2. The fourth-order valence-corrected chi connectivity index (χ4v) is 3.03. The number of hydrogen-bond acceptors (Lipinski definition) is 5. The lowest BCUT2D eigenvalue weighted by molar-refractivity contribution is -0.118. The van der Waals surface area contributed by atoms with Crippen molar-refractivity contribution in [1.29, 1.82) is 0 Å². The summed E-state index contributed by atoms with van der Waals surface area (Å²) in [4.78, 5) is 28.1. The van der Waals surface area contributed by atoms with Gasteiger partial charge in [-0.3, -0.25) is 14.9 Å². The zero-order valence-electron chi connectivity index (χ0n) is 14.4. The SMILES string of the molecule is Cc1cc(Cl)ccc1OCC(=O)Nc1ccc(C(=O)Nc2nccs2)cc1. The molecule has 8 heteroatoms. The first-order chi connectivity index (χ1) is 13.0. The molecule has 0 bridgehead atoms. The number of benzene rings is 2. The van der Waals surface area contributed by atoms with Crippen molar-refractivity contribution in [2.24, 2.45) is 0 Å². The molecule has 3 aromatic rings. The summed E-state index contributed by atoms with van der Waals surface area (Å²) in [6.07, 6.45) is 1.62. The Balaban J connectivity index is 1.53. The number of carbonyl (C=O) groups excluding carboxylic acids is 2. The van der Waals surface area contributed by atoms with E-state index in [1.807, 2.05) is 6.92 Å². The predicted molar refractivity (Wildman–Crippen MR) is 107 cm³/mol. The Morgan fingerprint density at radius 2 is 1.93 bits per heavy atom. The molecule has 2 aromatic carbocycles. The van der Waals surface area contributed by atoms with Crippen LogP contribution in [0.3, 0.4) is 0 Å². The third-order valence-corrected chi connectivity index (χ3v) is 4.50. The number of halogens is 1. The third kappa shape index (κ3) is 5.29.